The summed E-state index contributed by atoms with van der Waals surface area (Å²) in [5.74, 6) is -0.313. The van der Waals surface area contributed by atoms with E-state index in [1.807, 2.05) is 49.1 Å². The Kier molecular flexibility index (Phi) is 3.85. The molecule has 1 amide bonds. The summed E-state index contributed by atoms with van der Waals surface area (Å²) in [4.78, 5) is 10.8. The molecule has 1 aromatic heterocycles. The van der Waals surface area contributed by atoms with Crippen LogP contribution in [0.2, 0.25) is 0 Å². The smallest absolute Gasteiger partial charge is 0.221 e. The van der Waals surface area contributed by atoms with Gasteiger partial charge in [-0.05, 0) is 24.6 Å². The highest BCUT2D eigenvalue weighted by molar-refractivity contribution is 5.76. The molecule has 0 aliphatic carbocycles. The number of carbonyl (C=O) groups is 1. The van der Waals surface area contributed by atoms with Crippen molar-refractivity contribution in [3.63, 3.8) is 0 Å². The number of rotatable bonds is 5. The molecule has 0 saturated heterocycles. The van der Waals surface area contributed by atoms with E-state index in [2.05, 4.69) is 10.4 Å². The first-order valence-corrected chi connectivity index (χ1v) is 6.15. The molecular weight excluding hydrogens is 240 g/mol. The third-order valence-corrected chi connectivity index (χ3v) is 3.15. The number of carbonyl (C=O) groups excluding carboxylic acids is 1. The number of primary amides is 1. The summed E-state index contributed by atoms with van der Waals surface area (Å²) in [5, 5.41) is 7.53. The van der Waals surface area contributed by atoms with Gasteiger partial charge in [-0.15, -0.1) is 0 Å². The van der Waals surface area contributed by atoms with Crippen molar-refractivity contribution in [3.8, 4) is 0 Å². The van der Waals surface area contributed by atoms with Gasteiger partial charge in [0.1, 0.15) is 0 Å². The number of aromatic nitrogens is 2. The molecule has 1 heterocycles. The van der Waals surface area contributed by atoms with Gasteiger partial charge in [-0.1, -0.05) is 12.1 Å². The Labute approximate surface area is 112 Å². The van der Waals surface area contributed by atoms with E-state index in [1.54, 1.807) is 0 Å². The Balaban J connectivity index is 1.96. The molecule has 0 fully saturated rings. The summed E-state index contributed by atoms with van der Waals surface area (Å²) >= 11 is 0. The Morgan fingerprint density at radius 3 is 2.58 bits per heavy atom. The van der Waals surface area contributed by atoms with Gasteiger partial charge in [-0.3, -0.25) is 9.48 Å². The normalized spacial score (nSPS) is 10.4. The number of hydrogen-bond acceptors (Lipinski definition) is 3. The van der Waals surface area contributed by atoms with Crippen LogP contribution in [0.15, 0.2) is 30.5 Å². The van der Waals surface area contributed by atoms with E-state index in [4.69, 9.17) is 5.73 Å². The van der Waals surface area contributed by atoms with E-state index in [0.29, 0.717) is 0 Å². The second kappa shape index (κ2) is 5.56. The van der Waals surface area contributed by atoms with Crippen LogP contribution < -0.4 is 11.1 Å². The zero-order valence-electron chi connectivity index (χ0n) is 11.2. The minimum atomic E-state index is -0.313. The van der Waals surface area contributed by atoms with Gasteiger partial charge in [0.25, 0.3) is 0 Å². The van der Waals surface area contributed by atoms with E-state index in [1.165, 1.54) is 5.56 Å². The van der Waals surface area contributed by atoms with Crippen LogP contribution in [0.5, 0.6) is 0 Å². The number of hydrogen-bond donors (Lipinski definition) is 2. The van der Waals surface area contributed by atoms with Gasteiger partial charge in [0, 0.05) is 30.5 Å². The van der Waals surface area contributed by atoms with Crippen LogP contribution in [0.4, 0.5) is 5.69 Å². The van der Waals surface area contributed by atoms with Crippen LogP contribution in [-0.2, 0) is 24.8 Å². The van der Waals surface area contributed by atoms with Gasteiger partial charge in [-0.2, -0.15) is 5.10 Å². The van der Waals surface area contributed by atoms with Gasteiger partial charge in [0.15, 0.2) is 0 Å². The largest absolute Gasteiger partial charge is 0.381 e. The number of anilines is 1. The molecule has 0 radical (unpaired) electrons. The molecule has 1 aromatic carbocycles. The van der Waals surface area contributed by atoms with Gasteiger partial charge in [0.2, 0.25) is 5.91 Å². The van der Waals surface area contributed by atoms with Crippen LogP contribution in [0.1, 0.15) is 16.8 Å². The fourth-order valence-electron chi connectivity index (χ4n) is 1.86. The lowest BCUT2D eigenvalue weighted by Crippen LogP contribution is -2.13. The minimum Gasteiger partial charge on any atom is -0.381 e. The molecule has 0 atom stereocenters. The highest BCUT2D eigenvalue weighted by atomic mass is 16.1. The number of aryl methyl sites for hydroxylation is 1. The predicted molar refractivity (Wildman–Crippen MR) is 74.6 cm³/mol. The average Bonchev–Trinajstić information content (AvgIpc) is 2.69. The summed E-state index contributed by atoms with van der Waals surface area (Å²) < 4.78 is 1.85. The third kappa shape index (κ3) is 3.34. The zero-order valence-corrected chi connectivity index (χ0v) is 11.2. The maximum atomic E-state index is 10.8. The van der Waals surface area contributed by atoms with E-state index >= 15 is 0 Å². The molecule has 5 nitrogen and oxygen atoms in total. The molecule has 0 spiro atoms. The molecule has 2 rings (SSSR count). The van der Waals surface area contributed by atoms with Crippen molar-refractivity contribution in [2.24, 2.45) is 12.8 Å². The third-order valence-electron chi connectivity index (χ3n) is 3.15. The monoisotopic (exact) mass is 258 g/mol. The van der Waals surface area contributed by atoms with Gasteiger partial charge >= 0.3 is 0 Å². The van der Waals surface area contributed by atoms with Gasteiger partial charge < -0.3 is 11.1 Å². The lowest BCUT2D eigenvalue weighted by molar-refractivity contribution is -0.117. The van der Waals surface area contributed by atoms with Crippen LogP contribution in [-0.4, -0.2) is 15.7 Å². The second-order valence-corrected chi connectivity index (χ2v) is 4.57. The molecule has 0 unspecified atom stereocenters. The molecule has 100 valence electrons. The molecule has 0 aliphatic rings. The zero-order chi connectivity index (χ0) is 13.8. The topological polar surface area (TPSA) is 72.9 Å². The molecule has 0 saturated carbocycles. The highest BCUT2D eigenvalue weighted by Gasteiger charge is 2.03. The number of benzene rings is 1. The van der Waals surface area contributed by atoms with Crippen molar-refractivity contribution in [1.29, 1.82) is 0 Å². The Morgan fingerprint density at radius 1 is 1.37 bits per heavy atom. The predicted octanol–water partition coefficient (Wildman–Crippen LogP) is 1.37. The lowest BCUT2D eigenvalue weighted by Gasteiger charge is -2.07. The molecule has 2 aromatic rings. The highest BCUT2D eigenvalue weighted by Crippen LogP contribution is 2.13. The SMILES string of the molecule is Cc1c(CNc2ccc(CC(N)=O)cc2)cnn1C. The summed E-state index contributed by atoms with van der Waals surface area (Å²) in [5.41, 5.74) is 9.41. The number of amides is 1. The quantitative estimate of drug-likeness (QED) is 0.850. The van der Waals surface area contributed by atoms with Crippen molar-refractivity contribution < 1.29 is 4.79 Å². The second-order valence-electron chi connectivity index (χ2n) is 4.57. The standard InChI is InChI=1S/C14H18N4O/c1-10-12(9-17-18(10)2)8-16-13-5-3-11(4-6-13)7-14(15)19/h3-6,9,16H,7-8H2,1-2H3,(H2,15,19). The Morgan fingerprint density at radius 2 is 2.05 bits per heavy atom. The first-order chi connectivity index (χ1) is 9.06. The van der Waals surface area contributed by atoms with Crippen molar-refractivity contribution in [2.75, 3.05) is 5.32 Å². The van der Waals surface area contributed by atoms with Crippen LogP contribution >= 0.6 is 0 Å². The fourth-order valence-corrected chi connectivity index (χ4v) is 1.86. The van der Waals surface area contributed by atoms with Crippen LogP contribution in [0, 0.1) is 6.92 Å². The average molecular weight is 258 g/mol. The van der Waals surface area contributed by atoms with E-state index < -0.39 is 0 Å². The number of nitrogens with zero attached hydrogens (tertiary/aromatic N) is 2. The van der Waals surface area contributed by atoms with E-state index in [0.717, 1.165) is 23.5 Å². The molecule has 19 heavy (non-hydrogen) atoms. The van der Waals surface area contributed by atoms with Crippen LogP contribution in [0.25, 0.3) is 0 Å². The summed E-state index contributed by atoms with van der Waals surface area (Å²) in [6.45, 7) is 2.77. The Hall–Kier alpha value is -2.30. The Bertz CT molecular complexity index is 572. The van der Waals surface area contributed by atoms with Crippen molar-refractivity contribution in [2.45, 2.75) is 19.9 Å². The van der Waals surface area contributed by atoms with Crippen LogP contribution in [0.3, 0.4) is 0 Å². The van der Waals surface area contributed by atoms with Crippen molar-refractivity contribution in [1.82, 2.24) is 9.78 Å². The van der Waals surface area contributed by atoms with E-state index in [9.17, 15) is 4.79 Å². The van der Waals surface area contributed by atoms with Gasteiger partial charge in [-0.25, -0.2) is 0 Å². The summed E-state index contributed by atoms with van der Waals surface area (Å²) in [7, 11) is 1.93. The maximum absolute atomic E-state index is 10.8. The van der Waals surface area contributed by atoms with E-state index in [-0.39, 0.29) is 12.3 Å². The summed E-state index contributed by atoms with van der Waals surface area (Å²) in [6.07, 6.45) is 2.14. The van der Waals surface area contributed by atoms with Crippen molar-refractivity contribution in [3.05, 3.63) is 47.3 Å². The number of nitrogens with two attached hydrogens (primary N) is 1. The lowest BCUT2D eigenvalue weighted by atomic mass is 10.1. The summed E-state index contributed by atoms with van der Waals surface area (Å²) in [6, 6.07) is 7.71. The molecule has 5 heteroatoms. The molecular formula is C14H18N4O. The maximum Gasteiger partial charge on any atom is 0.221 e. The molecule has 3 N–H and O–H groups in total. The number of nitrogens with one attached hydrogen (secondary N) is 1. The first-order valence-electron chi connectivity index (χ1n) is 6.15. The first kappa shape index (κ1) is 13.1. The molecule has 0 bridgehead atoms. The van der Waals surface area contributed by atoms with Gasteiger partial charge in [0.05, 0.1) is 12.6 Å². The minimum absolute atomic E-state index is 0.280. The van der Waals surface area contributed by atoms with Crippen molar-refractivity contribution >= 4 is 11.6 Å². The molecule has 0 aliphatic heterocycles. The fraction of sp³-hybridized carbons (Fsp3) is 0.286.